The lowest BCUT2D eigenvalue weighted by molar-refractivity contribution is 0.414. The third kappa shape index (κ3) is 4.43. The second-order valence-corrected chi connectivity index (χ2v) is 8.36. The van der Waals surface area contributed by atoms with Gasteiger partial charge in [0.05, 0.1) is 19.2 Å². The Bertz CT molecular complexity index is 1540. The van der Waals surface area contributed by atoms with Crippen LogP contribution in [-0.4, -0.2) is 11.7 Å². The molecule has 0 atom stereocenters. The lowest BCUT2D eigenvalue weighted by Gasteiger charge is -2.15. The van der Waals surface area contributed by atoms with Crippen molar-refractivity contribution in [3.8, 4) is 5.75 Å². The molecule has 5 aromatic rings. The average Bonchev–Trinajstić information content (AvgIpc) is 2.87. The fourth-order valence-corrected chi connectivity index (χ4v) is 4.42. The highest BCUT2D eigenvalue weighted by Crippen LogP contribution is 2.20. The summed E-state index contributed by atoms with van der Waals surface area (Å²) in [5.74, 6) is 0.349. The Balaban J connectivity index is 1.47. The van der Waals surface area contributed by atoms with Crippen LogP contribution >= 0.6 is 0 Å². The summed E-state index contributed by atoms with van der Waals surface area (Å²) >= 11 is 0. The fraction of sp³-hybridized carbons (Fsp3) is 0.138. The maximum atomic E-state index is 14.1. The summed E-state index contributed by atoms with van der Waals surface area (Å²) in [5, 5.41) is 6.64. The number of halogens is 1. The molecule has 0 bridgehead atoms. The van der Waals surface area contributed by atoms with Crippen molar-refractivity contribution in [2.75, 3.05) is 7.11 Å². The van der Waals surface area contributed by atoms with Crippen LogP contribution < -0.4 is 15.6 Å². The van der Waals surface area contributed by atoms with Crippen molar-refractivity contribution in [1.29, 1.82) is 0 Å². The molecule has 0 aliphatic carbocycles. The van der Waals surface area contributed by atoms with Gasteiger partial charge in [-0.2, -0.15) is 0 Å². The van der Waals surface area contributed by atoms with E-state index in [2.05, 4.69) is 29.6 Å². The molecule has 1 aromatic heterocycles. The van der Waals surface area contributed by atoms with Gasteiger partial charge < -0.3 is 14.6 Å². The van der Waals surface area contributed by atoms with Crippen LogP contribution in [0, 0.1) is 5.82 Å². The van der Waals surface area contributed by atoms with Crippen LogP contribution in [0.25, 0.3) is 21.7 Å². The largest absolute Gasteiger partial charge is 0.497 e. The quantitative estimate of drug-likeness (QED) is 0.348. The molecule has 0 saturated heterocycles. The van der Waals surface area contributed by atoms with Crippen molar-refractivity contribution in [3.63, 3.8) is 0 Å². The number of nitrogens with zero attached hydrogens (tertiary/aromatic N) is 1. The Morgan fingerprint density at radius 3 is 2.50 bits per heavy atom. The van der Waals surface area contributed by atoms with Crippen molar-refractivity contribution in [2.45, 2.75) is 19.6 Å². The van der Waals surface area contributed by atoms with Gasteiger partial charge in [0.15, 0.2) is 0 Å². The highest BCUT2D eigenvalue weighted by Gasteiger charge is 2.12. The minimum atomic E-state index is -0.367. The van der Waals surface area contributed by atoms with E-state index in [4.69, 9.17) is 4.74 Å². The van der Waals surface area contributed by atoms with Gasteiger partial charge in [-0.05, 0) is 63.7 Å². The second-order valence-electron chi connectivity index (χ2n) is 8.36. The molecular formula is C29H25FN2O2. The Labute approximate surface area is 197 Å². The summed E-state index contributed by atoms with van der Waals surface area (Å²) in [6, 6.07) is 28.5. The van der Waals surface area contributed by atoms with Gasteiger partial charge in [0.25, 0.3) is 5.56 Å². The third-order valence-corrected chi connectivity index (χ3v) is 6.12. The fourth-order valence-electron chi connectivity index (χ4n) is 4.42. The first kappa shape index (κ1) is 21.9. The van der Waals surface area contributed by atoms with E-state index >= 15 is 0 Å². The van der Waals surface area contributed by atoms with E-state index in [0.717, 1.165) is 10.9 Å². The smallest absolute Gasteiger partial charge is 0.255 e. The summed E-state index contributed by atoms with van der Waals surface area (Å²) in [7, 11) is 1.61. The number of fused-ring (bicyclic) bond motifs is 2. The van der Waals surface area contributed by atoms with E-state index < -0.39 is 0 Å². The van der Waals surface area contributed by atoms with Crippen LogP contribution in [0.2, 0.25) is 0 Å². The van der Waals surface area contributed by atoms with Gasteiger partial charge in [-0.15, -0.1) is 0 Å². The molecule has 5 heteroatoms. The molecule has 0 spiro atoms. The maximum absolute atomic E-state index is 14.1. The van der Waals surface area contributed by atoms with Crippen molar-refractivity contribution in [3.05, 3.63) is 124 Å². The van der Waals surface area contributed by atoms with Gasteiger partial charge >= 0.3 is 0 Å². The molecule has 0 radical (unpaired) electrons. The SMILES string of the molecule is COc1cccc(Cn2c(=O)c(CNCc3cccc4ccccc34)cc3ccc(F)cc32)c1. The number of methoxy groups -OCH3 is 1. The van der Waals surface area contributed by atoms with Crippen LogP contribution in [-0.2, 0) is 19.6 Å². The van der Waals surface area contributed by atoms with Crippen molar-refractivity contribution < 1.29 is 9.13 Å². The van der Waals surface area contributed by atoms with E-state index in [9.17, 15) is 9.18 Å². The monoisotopic (exact) mass is 452 g/mol. The summed E-state index contributed by atoms with van der Waals surface area (Å²) < 4.78 is 21.0. The van der Waals surface area contributed by atoms with Gasteiger partial charge in [-0.25, -0.2) is 4.39 Å². The second kappa shape index (κ2) is 9.49. The van der Waals surface area contributed by atoms with Crippen LogP contribution in [0.1, 0.15) is 16.7 Å². The summed E-state index contributed by atoms with van der Waals surface area (Å²) in [6.07, 6.45) is 0. The van der Waals surface area contributed by atoms with Crippen molar-refractivity contribution in [1.82, 2.24) is 9.88 Å². The van der Waals surface area contributed by atoms with E-state index in [0.29, 0.717) is 36.5 Å². The van der Waals surface area contributed by atoms with Crippen LogP contribution in [0.15, 0.2) is 95.8 Å². The van der Waals surface area contributed by atoms with E-state index in [-0.39, 0.29) is 11.4 Å². The lowest BCUT2D eigenvalue weighted by Crippen LogP contribution is -2.28. The van der Waals surface area contributed by atoms with Crippen molar-refractivity contribution in [2.24, 2.45) is 0 Å². The molecule has 0 saturated carbocycles. The molecule has 4 nitrogen and oxygen atoms in total. The first-order chi connectivity index (χ1) is 16.6. The van der Waals surface area contributed by atoms with Crippen molar-refractivity contribution >= 4 is 21.7 Å². The summed E-state index contributed by atoms with van der Waals surface area (Å²) in [5.41, 5.74) is 3.17. The molecule has 0 unspecified atom stereocenters. The molecule has 1 N–H and O–H groups in total. The minimum absolute atomic E-state index is 0.133. The molecule has 0 fully saturated rings. The Hall–Kier alpha value is -3.96. The third-order valence-electron chi connectivity index (χ3n) is 6.12. The van der Waals surface area contributed by atoms with E-state index in [1.807, 2.05) is 48.5 Å². The number of nitrogens with one attached hydrogen (secondary N) is 1. The van der Waals surface area contributed by atoms with Crippen LogP contribution in [0.5, 0.6) is 5.75 Å². The van der Waals surface area contributed by atoms with Gasteiger partial charge in [0.1, 0.15) is 11.6 Å². The van der Waals surface area contributed by atoms with E-state index in [1.54, 1.807) is 17.7 Å². The Morgan fingerprint density at radius 1 is 0.824 bits per heavy atom. The number of hydrogen-bond acceptors (Lipinski definition) is 3. The summed E-state index contributed by atoms with van der Waals surface area (Å²) in [4.78, 5) is 13.5. The van der Waals surface area contributed by atoms with E-state index in [1.165, 1.54) is 28.5 Å². The van der Waals surface area contributed by atoms with Crippen LogP contribution in [0.3, 0.4) is 0 Å². The Morgan fingerprint density at radius 2 is 1.62 bits per heavy atom. The molecular weight excluding hydrogens is 427 g/mol. The molecule has 0 amide bonds. The molecule has 5 rings (SSSR count). The number of benzene rings is 4. The Kier molecular flexibility index (Phi) is 6.11. The average molecular weight is 453 g/mol. The zero-order valence-electron chi connectivity index (χ0n) is 18.9. The molecule has 4 aromatic carbocycles. The molecule has 170 valence electrons. The zero-order chi connectivity index (χ0) is 23.5. The lowest BCUT2D eigenvalue weighted by atomic mass is 10.0. The van der Waals surface area contributed by atoms with Gasteiger partial charge in [0, 0.05) is 18.7 Å². The molecule has 1 heterocycles. The zero-order valence-corrected chi connectivity index (χ0v) is 18.9. The summed E-state index contributed by atoms with van der Waals surface area (Å²) in [6.45, 7) is 1.37. The minimum Gasteiger partial charge on any atom is -0.497 e. The molecule has 0 aliphatic heterocycles. The molecule has 0 aliphatic rings. The maximum Gasteiger partial charge on any atom is 0.255 e. The number of rotatable bonds is 7. The van der Waals surface area contributed by atoms with Crippen LogP contribution in [0.4, 0.5) is 4.39 Å². The number of aromatic nitrogens is 1. The number of ether oxygens (including phenoxy) is 1. The predicted molar refractivity (Wildman–Crippen MR) is 135 cm³/mol. The van der Waals surface area contributed by atoms with Gasteiger partial charge in [-0.1, -0.05) is 54.6 Å². The number of hydrogen-bond donors (Lipinski definition) is 1. The van der Waals surface area contributed by atoms with Gasteiger partial charge in [0.2, 0.25) is 0 Å². The highest BCUT2D eigenvalue weighted by atomic mass is 19.1. The first-order valence-electron chi connectivity index (χ1n) is 11.2. The first-order valence-corrected chi connectivity index (χ1v) is 11.2. The van der Waals surface area contributed by atoms with Gasteiger partial charge in [-0.3, -0.25) is 4.79 Å². The molecule has 34 heavy (non-hydrogen) atoms. The highest BCUT2D eigenvalue weighted by molar-refractivity contribution is 5.85. The standard InChI is InChI=1S/C29H25FN2O2/c1-34-26-10-4-6-20(14-26)19-32-28-16-25(30)13-12-22(28)15-24(29(32)33)18-31-17-23-9-5-8-21-7-2-3-11-27(21)23/h2-16,31H,17-19H2,1H3. The predicted octanol–water partition coefficient (Wildman–Crippen LogP) is 5.64. The number of pyridine rings is 1. The topological polar surface area (TPSA) is 43.3 Å². The normalized spacial score (nSPS) is 11.2.